The third kappa shape index (κ3) is 11.4. The molecule has 0 unspecified atom stereocenters. The van der Waals surface area contributed by atoms with E-state index in [1.807, 2.05) is 49.4 Å². The summed E-state index contributed by atoms with van der Waals surface area (Å²) in [5.41, 5.74) is 9.76. The molecule has 7 N–H and O–H groups in total. The molecule has 2 aromatic carbocycles. The number of hydrogen-bond donors (Lipinski definition) is 6. The van der Waals surface area contributed by atoms with Crippen LogP contribution in [0.5, 0.6) is 5.75 Å². The van der Waals surface area contributed by atoms with Crippen LogP contribution in [0.15, 0.2) is 59.8 Å². The molecule has 1 saturated carbocycles. The number of halogens is 1. The molecular weight excluding hydrogens is 576 g/mol. The molecule has 10 heteroatoms. The Morgan fingerprint density at radius 2 is 1.77 bits per heavy atom. The molecule has 3 atom stereocenters. The maximum Gasteiger partial charge on any atom is 0.244 e. The van der Waals surface area contributed by atoms with Crippen LogP contribution in [0.4, 0.5) is 0 Å². The van der Waals surface area contributed by atoms with Crippen LogP contribution in [0, 0.1) is 17.2 Å². The molecule has 3 rings (SSSR count). The van der Waals surface area contributed by atoms with Crippen molar-refractivity contribution >= 4 is 29.4 Å². The summed E-state index contributed by atoms with van der Waals surface area (Å²) in [6, 6.07) is 14.6. The first kappa shape index (κ1) is 34.8. The van der Waals surface area contributed by atoms with Crippen LogP contribution in [0.25, 0.3) is 0 Å². The average molecular weight is 625 g/mol. The number of hydrogen-bond acceptors (Lipinski definition) is 5. The molecule has 0 heterocycles. The average Bonchev–Trinajstić information content (AvgIpc) is 3.83. The topological polar surface area (TPSA) is 141 Å². The number of guanidine groups is 1. The lowest BCUT2D eigenvalue weighted by molar-refractivity contribution is -0.125. The van der Waals surface area contributed by atoms with Gasteiger partial charge in [0.1, 0.15) is 11.8 Å². The Morgan fingerprint density at radius 1 is 1.02 bits per heavy atom. The number of para-hydroxylation sites is 1. The molecule has 1 aliphatic carbocycles. The molecule has 0 bridgehead atoms. The van der Waals surface area contributed by atoms with Gasteiger partial charge < -0.3 is 31.7 Å². The van der Waals surface area contributed by atoms with E-state index in [2.05, 4.69) is 48.1 Å². The molecule has 44 heavy (non-hydrogen) atoms. The van der Waals surface area contributed by atoms with Crippen LogP contribution in [0.1, 0.15) is 64.5 Å². The fourth-order valence-corrected chi connectivity index (χ4v) is 5.22. The Morgan fingerprint density at radius 3 is 2.43 bits per heavy atom. The SMILES string of the molecule is CCCOc1ccccc1CCCNC(=O)[C@H](CNC(=N)N)NC(=C1CC1)[C@H](NC(=O)[C@H](C)Cc1cccc(Cl)c1)C(C)C. The van der Waals surface area contributed by atoms with E-state index in [9.17, 15) is 9.59 Å². The Labute approximate surface area is 267 Å². The number of carbonyl (C=O) groups excluding carboxylic acids is 2. The van der Waals surface area contributed by atoms with Crippen molar-refractivity contribution in [3.63, 3.8) is 0 Å². The first-order valence-electron chi connectivity index (χ1n) is 15.7. The highest BCUT2D eigenvalue weighted by atomic mass is 35.5. The smallest absolute Gasteiger partial charge is 0.244 e. The number of carbonyl (C=O) groups is 2. The van der Waals surface area contributed by atoms with E-state index in [1.165, 1.54) is 5.57 Å². The molecule has 1 aliphatic rings. The van der Waals surface area contributed by atoms with Crippen molar-refractivity contribution in [1.29, 1.82) is 5.41 Å². The van der Waals surface area contributed by atoms with Gasteiger partial charge in [0.15, 0.2) is 5.96 Å². The molecule has 1 fully saturated rings. The summed E-state index contributed by atoms with van der Waals surface area (Å²) in [6.45, 7) is 9.39. The number of nitrogens with one attached hydrogen (secondary N) is 5. The highest BCUT2D eigenvalue weighted by Gasteiger charge is 2.32. The van der Waals surface area contributed by atoms with Crippen LogP contribution in [-0.2, 0) is 22.4 Å². The molecule has 2 aromatic rings. The molecule has 0 aromatic heterocycles. The monoisotopic (exact) mass is 624 g/mol. The number of ether oxygens (including phenoxy) is 1. The quantitative estimate of drug-likeness (QED) is 0.0808. The summed E-state index contributed by atoms with van der Waals surface area (Å²) in [5, 5.41) is 20.8. The zero-order valence-electron chi connectivity index (χ0n) is 26.5. The first-order valence-corrected chi connectivity index (χ1v) is 16.1. The van der Waals surface area contributed by atoms with Gasteiger partial charge in [0.05, 0.1) is 12.6 Å². The Hall–Kier alpha value is -3.72. The van der Waals surface area contributed by atoms with Crippen LogP contribution < -0.4 is 31.7 Å². The number of rotatable bonds is 18. The Kier molecular flexibility index (Phi) is 13.9. The van der Waals surface area contributed by atoms with Gasteiger partial charge in [-0.25, -0.2) is 0 Å². The largest absolute Gasteiger partial charge is 0.493 e. The van der Waals surface area contributed by atoms with Gasteiger partial charge in [-0.15, -0.1) is 0 Å². The summed E-state index contributed by atoms with van der Waals surface area (Å²) in [7, 11) is 0. The van der Waals surface area contributed by atoms with Gasteiger partial charge in [-0.05, 0) is 79.3 Å². The van der Waals surface area contributed by atoms with Gasteiger partial charge in [0.2, 0.25) is 11.8 Å². The summed E-state index contributed by atoms with van der Waals surface area (Å²) in [5.74, 6) is 0.225. The standard InChI is InChI=1S/C34H49ClN6O3/c1-5-18-44-29-14-7-6-11-25(29)12-9-17-38-33(43)28(21-39-34(36)37)40-31(26-15-16-26)30(22(2)3)41-32(42)23(4)19-24-10-8-13-27(35)20-24/h6-8,10-11,13-14,20,22-23,28,30,40H,5,9,12,15-19,21H2,1-4H3,(H,38,43)(H,41,42)(H4,36,37,39)/t23-,28+,30-/m1/s1. The van der Waals surface area contributed by atoms with E-state index < -0.39 is 6.04 Å². The minimum Gasteiger partial charge on any atom is -0.493 e. The molecule has 2 amide bonds. The van der Waals surface area contributed by atoms with E-state index >= 15 is 0 Å². The lowest BCUT2D eigenvalue weighted by atomic mass is 9.96. The highest BCUT2D eigenvalue weighted by molar-refractivity contribution is 6.30. The second-order valence-electron chi connectivity index (χ2n) is 11.8. The number of allylic oxidation sites excluding steroid dienone is 1. The van der Waals surface area contributed by atoms with Crippen molar-refractivity contribution in [3.8, 4) is 5.75 Å². The predicted molar refractivity (Wildman–Crippen MR) is 178 cm³/mol. The fourth-order valence-electron chi connectivity index (χ4n) is 5.01. The minimum atomic E-state index is -0.691. The third-order valence-electron chi connectivity index (χ3n) is 7.53. The molecule has 0 spiro atoms. The number of benzene rings is 2. The van der Waals surface area contributed by atoms with Crippen LogP contribution in [0.2, 0.25) is 5.02 Å². The number of aryl methyl sites for hydroxylation is 1. The Balaban J connectivity index is 1.65. The van der Waals surface area contributed by atoms with E-state index in [1.54, 1.807) is 0 Å². The summed E-state index contributed by atoms with van der Waals surface area (Å²) >= 11 is 6.15. The molecule has 240 valence electrons. The lowest BCUT2D eigenvalue weighted by Crippen LogP contribution is -2.55. The first-order chi connectivity index (χ1) is 21.1. The minimum absolute atomic E-state index is 0.0599. The van der Waals surface area contributed by atoms with Gasteiger partial charge in [-0.2, -0.15) is 0 Å². The summed E-state index contributed by atoms with van der Waals surface area (Å²) in [6.07, 6.45) is 4.84. The van der Waals surface area contributed by atoms with Crippen molar-refractivity contribution in [1.82, 2.24) is 21.3 Å². The lowest BCUT2D eigenvalue weighted by Gasteiger charge is -2.31. The molecule has 9 nitrogen and oxygen atoms in total. The van der Waals surface area contributed by atoms with Gasteiger partial charge in [-0.1, -0.05) is 69.6 Å². The van der Waals surface area contributed by atoms with Crippen molar-refractivity contribution in [3.05, 3.63) is 76.0 Å². The second-order valence-corrected chi connectivity index (χ2v) is 12.3. The maximum absolute atomic E-state index is 13.4. The predicted octanol–water partition coefficient (Wildman–Crippen LogP) is 4.69. The number of amides is 2. The van der Waals surface area contributed by atoms with Crippen molar-refractivity contribution in [2.75, 3.05) is 19.7 Å². The van der Waals surface area contributed by atoms with Gasteiger partial charge in [0, 0.05) is 29.7 Å². The van der Waals surface area contributed by atoms with Crippen molar-refractivity contribution in [2.24, 2.45) is 17.6 Å². The highest BCUT2D eigenvalue weighted by Crippen LogP contribution is 2.33. The number of nitrogens with two attached hydrogens (primary N) is 1. The van der Waals surface area contributed by atoms with Crippen LogP contribution >= 0.6 is 11.6 Å². The van der Waals surface area contributed by atoms with E-state index in [4.69, 9.17) is 27.5 Å². The zero-order chi connectivity index (χ0) is 32.1. The van der Waals surface area contributed by atoms with Crippen molar-refractivity contribution < 1.29 is 14.3 Å². The zero-order valence-corrected chi connectivity index (χ0v) is 27.2. The van der Waals surface area contributed by atoms with E-state index in [0.717, 1.165) is 54.7 Å². The maximum atomic E-state index is 13.4. The Bertz CT molecular complexity index is 1290. The van der Waals surface area contributed by atoms with Crippen LogP contribution in [-0.4, -0.2) is 49.6 Å². The molecule has 0 radical (unpaired) electrons. The molecule has 0 saturated heterocycles. The van der Waals surface area contributed by atoms with E-state index in [-0.39, 0.29) is 42.2 Å². The second kappa shape index (κ2) is 17.5. The summed E-state index contributed by atoms with van der Waals surface area (Å²) < 4.78 is 5.87. The van der Waals surface area contributed by atoms with Gasteiger partial charge in [0.25, 0.3) is 0 Å². The summed E-state index contributed by atoms with van der Waals surface area (Å²) in [4.78, 5) is 26.8. The molecule has 0 aliphatic heterocycles. The van der Waals surface area contributed by atoms with Gasteiger partial charge >= 0.3 is 0 Å². The normalized spacial score (nSPS) is 14.3. The molecular formula is C34H49ClN6O3. The van der Waals surface area contributed by atoms with Crippen molar-refractivity contribution in [2.45, 2.75) is 78.3 Å². The fraction of sp³-hybridized carbons (Fsp3) is 0.500. The third-order valence-corrected chi connectivity index (χ3v) is 7.77. The van der Waals surface area contributed by atoms with Crippen LogP contribution in [0.3, 0.4) is 0 Å². The van der Waals surface area contributed by atoms with Gasteiger partial charge in [-0.3, -0.25) is 15.0 Å². The van der Waals surface area contributed by atoms with E-state index in [0.29, 0.717) is 24.6 Å².